The van der Waals surface area contributed by atoms with E-state index in [-0.39, 0.29) is 6.61 Å². The molecule has 4 rings (SSSR count). The summed E-state index contributed by atoms with van der Waals surface area (Å²) in [4.78, 5) is 3.97. The second-order valence-corrected chi connectivity index (χ2v) is 6.50. The van der Waals surface area contributed by atoms with Gasteiger partial charge in [0.1, 0.15) is 24.0 Å². The van der Waals surface area contributed by atoms with E-state index in [0.29, 0.717) is 17.0 Å². The summed E-state index contributed by atoms with van der Waals surface area (Å²) in [6.07, 6.45) is 0.530. The number of fused-ring (bicyclic) bond motifs is 2. The molecule has 2 saturated heterocycles. The maximum atomic E-state index is 9.77. The molecular weight excluding hydrogens is 314 g/mol. The lowest BCUT2D eigenvalue weighted by Gasteiger charge is -2.27. The molecule has 2 fully saturated rings. The molecule has 1 unspecified atom stereocenters. The average Bonchev–Trinajstić information content (AvgIpc) is 3.17. The van der Waals surface area contributed by atoms with Crippen LogP contribution in [0.2, 0.25) is 0 Å². The molecule has 2 aromatic rings. The van der Waals surface area contributed by atoms with Gasteiger partial charge >= 0.3 is 0 Å². The van der Waals surface area contributed by atoms with E-state index in [1.54, 1.807) is 30.5 Å². The highest BCUT2D eigenvalue weighted by Crippen LogP contribution is 2.53. The molecule has 0 amide bonds. The molecule has 2 aliphatic heterocycles. The summed E-state index contributed by atoms with van der Waals surface area (Å²) in [5.41, 5.74) is 4.55. The zero-order chi connectivity index (χ0) is 17.2. The van der Waals surface area contributed by atoms with Crippen LogP contribution >= 0.6 is 0 Å². The summed E-state index contributed by atoms with van der Waals surface area (Å²) in [5, 5.41) is 23.6. The number of nitriles is 1. The van der Waals surface area contributed by atoms with Crippen molar-refractivity contribution in [1.82, 2.24) is 14.6 Å². The van der Waals surface area contributed by atoms with Crippen LogP contribution in [0, 0.1) is 11.3 Å². The smallest absolute Gasteiger partial charge is 0.206 e. The van der Waals surface area contributed by atoms with E-state index in [2.05, 4.69) is 10.1 Å². The standard InChI is InChI=1S/C15H17N5O4/c1-13(2)23-12-14(5-16,6-21)22-7-15(12,24-13)10-4-3-9-11(17)18-8-19-20(9)10/h3-4,8,12,21H,6-7H2,1-2H3,(H2,17,18,19)/t12-,14-,15?/m1/s1. The van der Waals surface area contributed by atoms with Gasteiger partial charge in [-0.1, -0.05) is 0 Å². The Kier molecular flexibility index (Phi) is 2.96. The lowest BCUT2D eigenvalue weighted by atomic mass is 9.86. The Bertz CT molecular complexity index is 859. The van der Waals surface area contributed by atoms with E-state index in [0.717, 1.165) is 0 Å². The Morgan fingerprint density at radius 1 is 1.50 bits per heavy atom. The Morgan fingerprint density at radius 2 is 2.29 bits per heavy atom. The number of aliphatic hydroxyl groups is 1. The number of ether oxygens (including phenoxy) is 3. The van der Waals surface area contributed by atoms with Crippen LogP contribution in [0.4, 0.5) is 5.82 Å². The fourth-order valence-electron chi connectivity index (χ4n) is 3.57. The topological polar surface area (TPSA) is 128 Å². The van der Waals surface area contributed by atoms with E-state index in [1.165, 1.54) is 6.33 Å². The first-order valence-corrected chi connectivity index (χ1v) is 7.50. The average molecular weight is 331 g/mol. The molecule has 24 heavy (non-hydrogen) atoms. The largest absolute Gasteiger partial charge is 0.392 e. The van der Waals surface area contributed by atoms with Crippen LogP contribution in [0.5, 0.6) is 0 Å². The molecule has 2 aromatic heterocycles. The van der Waals surface area contributed by atoms with E-state index in [9.17, 15) is 10.4 Å². The number of hydrogen-bond acceptors (Lipinski definition) is 8. The predicted molar refractivity (Wildman–Crippen MR) is 80.5 cm³/mol. The number of nitrogens with two attached hydrogens (primary N) is 1. The molecule has 2 aliphatic rings. The molecular formula is C15H17N5O4. The minimum atomic E-state index is -1.50. The van der Waals surface area contributed by atoms with Gasteiger partial charge in [0, 0.05) is 0 Å². The summed E-state index contributed by atoms with van der Waals surface area (Å²) in [5.74, 6) is -0.621. The molecule has 9 nitrogen and oxygen atoms in total. The van der Waals surface area contributed by atoms with Gasteiger partial charge in [0.05, 0.1) is 18.9 Å². The summed E-state index contributed by atoms with van der Waals surface area (Å²) >= 11 is 0. The number of anilines is 1. The fraction of sp³-hybridized carbons (Fsp3) is 0.533. The van der Waals surface area contributed by atoms with Gasteiger partial charge in [0.2, 0.25) is 5.60 Å². The van der Waals surface area contributed by atoms with Gasteiger partial charge in [-0.25, -0.2) is 9.50 Å². The van der Waals surface area contributed by atoms with Gasteiger partial charge in [-0.15, -0.1) is 0 Å². The number of aromatic nitrogens is 3. The summed E-state index contributed by atoms with van der Waals surface area (Å²) in [6.45, 7) is 3.05. The fourth-order valence-corrected chi connectivity index (χ4v) is 3.57. The minimum Gasteiger partial charge on any atom is -0.392 e. The number of aliphatic hydroxyl groups excluding tert-OH is 1. The van der Waals surface area contributed by atoms with Crippen LogP contribution in [0.25, 0.3) is 5.52 Å². The van der Waals surface area contributed by atoms with Crippen molar-refractivity contribution in [1.29, 1.82) is 5.26 Å². The van der Waals surface area contributed by atoms with Crippen LogP contribution in [0.15, 0.2) is 18.5 Å². The van der Waals surface area contributed by atoms with Crippen molar-refractivity contribution in [2.24, 2.45) is 0 Å². The van der Waals surface area contributed by atoms with Crippen LogP contribution in [-0.2, 0) is 19.8 Å². The van der Waals surface area contributed by atoms with Gasteiger partial charge < -0.3 is 25.1 Å². The van der Waals surface area contributed by atoms with Crippen molar-refractivity contribution >= 4 is 11.3 Å². The van der Waals surface area contributed by atoms with Gasteiger partial charge in [0.25, 0.3) is 0 Å². The highest BCUT2D eigenvalue weighted by Gasteiger charge is 2.69. The molecule has 3 atom stereocenters. The summed E-state index contributed by atoms with van der Waals surface area (Å²) in [6, 6.07) is 5.61. The highest BCUT2D eigenvalue weighted by molar-refractivity contribution is 5.65. The molecule has 0 bridgehead atoms. The van der Waals surface area contributed by atoms with E-state index >= 15 is 0 Å². The molecule has 4 heterocycles. The number of nitrogens with zero attached hydrogens (tertiary/aromatic N) is 4. The van der Waals surface area contributed by atoms with Crippen molar-refractivity contribution in [3.63, 3.8) is 0 Å². The molecule has 0 radical (unpaired) electrons. The second kappa shape index (κ2) is 4.64. The summed E-state index contributed by atoms with van der Waals surface area (Å²) in [7, 11) is 0. The zero-order valence-corrected chi connectivity index (χ0v) is 13.3. The number of nitrogen functional groups attached to an aromatic ring is 1. The first-order valence-electron chi connectivity index (χ1n) is 7.50. The van der Waals surface area contributed by atoms with Crippen molar-refractivity contribution in [3.8, 4) is 6.07 Å². The molecule has 0 aromatic carbocycles. The third-order valence-corrected chi connectivity index (χ3v) is 4.56. The Hall–Kier alpha value is -2.25. The van der Waals surface area contributed by atoms with Gasteiger partial charge in [-0.2, -0.15) is 10.4 Å². The predicted octanol–water partition coefficient (Wildman–Crippen LogP) is -0.0568. The highest BCUT2D eigenvalue weighted by atomic mass is 16.8. The maximum absolute atomic E-state index is 9.77. The van der Waals surface area contributed by atoms with Crippen molar-refractivity contribution in [2.45, 2.75) is 36.9 Å². The lowest BCUT2D eigenvalue weighted by Crippen LogP contribution is -2.48. The zero-order valence-electron chi connectivity index (χ0n) is 13.3. The monoisotopic (exact) mass is 331 g/mol. The van der Waals surface area contributed by atoms with Crippen LogP contribution in [0.3, 0.4) is 0 Å². The Labute approximate surface area is 137 Å². The van der Waals surface area contributed by atoms with Gasteiger partial charge in [-0.3, -0.25) is 0 Å². The SMILES string of the molecule is CC1(C)O[C@H]2C(c3ccc4c(N)ncnn34)(CO[C@]2(C#N)CO)O1. The first kappa shape index (κ1) is 15.3. The Morgan fingerprint density at radius 3 is 3.00 bits per heavy atom. The maximum Gasteiger partial charge on any atom is 0.206 e. The molecule has 9 heteroatoms. The number of hydrogen-bond donors (Lipinski definition) is 2. The minimum absolute atomic E-state index is 0.0469. The third-order valence-electron chi connectivity index (χ3n) is 4.56. The van der Waals surface area contributed by atoms with E-state index in [4.69, 9.17) is 19.9 Å². The van der Waals surface area contributed by atoms with Crippen molar-refractivity contribution in [3.05, 3.63) is 24.2 Å². The van der Waals surface area contributed by atoms with Gasteiger partial charge in [-0.05, 0) is 26.0 Å². The van der Waals surface area contributed by atoms with Crippen LogP contribution in [0.1, 0.15) is 19.5 Å². The van der Waals surface area contributed by atoms with Crippen LogP contribution < -0.4 is 5.73 Å². The third kappa shape index (κ3) is 1.76. The van der Waals surface area contributed by atoms with Crippen molar-refractivity contribution < 1.29 is 19.3 Å². The van der Waals surface area contributed by atoms with Crippen molar-refractivity contribution in [2.75, 3.05) is 18.9 Å². The quantitative estimate of drug-likeness (QED) is 0.783. The second-order valence-electron chi connectivity index (χ2n) is 6.50. The molecule has 3 N–H and O–H groups in total. The first-order chi connectivity index (χ1) is 11.4. The molecule has 0 saturated carbocycles. The van der Waals surface area contributed by atoms with Gasteiger partial charge in [0.15, 0.2) is 17.2 Å². The normalized spacial score (nSPS) is 34.3. The molecule has 0 spiro atoms. The van der Waals surface area contributed by atoms with E-state index in [1.807, 2.05) is 6.07 Å². The number of rotatable bonds is 2. The molecule has 126 valence electrons. The lowest BCUT2D eigenvalue weighted by molar-refractivity contribution is -0.203. The van der Waals surface area contributed by atoms with Crippen LogP contribution in [-0.4, -0.2) is 50.4 Å². The Balaban J connectivity index is 1.94. The van der Waals surface area contributed by atoms with E-state index < -0.39 is 29.7 Å². The summed E-state index contributed by atoms with van der Waals surface area (Å²) < 4.78 is 19.4. The molecule has 0 aliphatic carbocycles.